The number of aliphatic imine (C=N–C) groups is 1. The second-order valence-electron chi connectivity index (χ2n) is 19.0. The van der Waals surface area contributed by atoms with Gasteiger partial charge in [0.2, 0.25) is 11.8 Å². The molecule has 0 saturated heterocycles. The third-order valence-electron chi connectivity index (χ3n) is 12.9. The number of guanidine groups is 1. The van der Waals surface area contributed by atoms with Crippen molar-refractivity contribution in [3.63, 3.8) is 0 Å². The van der Waals surface area contributed by atoms with Crippen molar-refractivity contribution in [2.75, 3.05) is 26.4 Å². The van der Waals surface area contributed by atoms with Gasteiger partial charge in [0.05, 0.1) is 11.5 Å². The van der Waals surface area contributed by atoms with Gasteiger partial charge >= 0.3 is 12.1 Å². The summed E-state index contributed by atoms with van der Waals surface area (Å²) in [5.41, 5.74) is 13.8. The molecule has 1 unspecified atom stereocenters. The van der Waals surface area contributed by atoms with Gasteiger partial charge in [-0.2, -0.15) is 0 Å². The van der Waals surface area contributed by atoms with Crippen molar-refractivity contribution in [3.05, 3.63) is 160 Å². The number of esters is 1. The van der Waals surface area contributed by atoms with E-state index < -0.39 is 33.7 Å². The lowest BCUT2D eigenvalue weighted by atomic mass is 9.94. The standard InChI is InChI=1S/C57H63N5O10S/c1-36(70-51-24-11-12-29-59-51)34-68-42-17-13-18-43(32-42)71-41-27-25-40(26-28-41)16-15-31-67-54(63)50(61-56(64)69-35-49-46-21-9-7-19-44(46)45-20-8-10-22-47(45)49)23-14-30-60-55(58)62-73(65,66)53-38(3)37(2)52-48(39(53)4)33-57(5,6)72-52/h7-13,17-22,24-29,32,36,49-50H,14-16,23,30-31,33-35H2,1-6H3,(H,61,64)(H3,58,60,62)/t36?,50-/m0/s1. The number of rotatable bonds is 21. The molecule has 0 spiro atoms. The Morgan fingerprint density at radius 3 is 2.25 bits per heavy atom. The van der Waals surface area contributed by atoms with Crippen molar-refractivity contribution in [2.24, 2.45) is 10.7 Å². The number of pyridine rings is 1. The Bertz CT molecular complexity index is 3030. The molecular formula is C57H63N5O10S. The van der Waals surface area contributed by atoms with E-state index >= 15 is 0 Å². The SMILES string of the molecule is Cc1c(C)c(S(=O)(=O)NC(N)=NCCC[C@H](NC(=O)OCC2c3ccccc3-c3ccccc32)C(=O)OCCCc2ccc(Oc3cccc(OCC(C)Oc4ccccn4)c3)cc2)c(C)c2c1OC(C)(C)C2. The van der Waals surface area contributed by atoms with E-state index in [0.29, 0.717) is 60.1 Å². The summed E-state index contributed by atoms with van der Waals surface area (Å²) in [6, 6.07) is 35.5. The third-order valence-corrected chi connectivity index (χ3v) is 14.5. The monoisotopic (exact) mass is 1010 g/mol. The largest absolute Gasteiger partial charge is 0.490 e. The molecule has 0 saturated carbocycles. The van der Waals surface area contributed by atoms with Crippen molar-refractivity contribution in [1.82, 2.24) is 15.0 Å². The second-order valence-corrected chi connectivity index (χ2v) is 20.6. The van der Waals surface area contributed by atoms with E-state index in [-0.39, 0.29) is 55.5 Å². The molecule has 1 aromatic heterocycles. The van der Waals surface area contributed by atoms with Gasteiger partial charge in [0.25, 0.3) is 10.0 Å². The molecule has 2 atom stereocenters. The highest BCUT2D eigenvalue weighted by Crippen LogP contribution is 2.45. The van der Waals surface area contributed by atoms with Crippen LogP contribution in [0.3, 0.4) is 0 Å². The molecule has 1 aliphatic heterocycles. The smallest absolute Gasteiger partial charge is 0.407 e. The number of sulfonamides is 1. The fourth-order valence-corrected chi connectivity index (χ4v) is 10.8. The molecule has 0 fully saturated rings. The maximum Gasteiger partial charge on any atom is 0.407 e. The van der Waals surface area contributed by atoms with Gasteiger partial charge < -0.3 is 39.5 Å². The van der Waals surface area contributed by atoms with Crippen molar-refractivity contribution in [1.29, 1.82) is 0 Å². The number of hydrogen-bond donors (Lipinski definition) is 3. The molecule has 1 aliphatic carbocycles. The van der Waals surface area contributed by atoms with Crippen molar-refractivity contribution >= 4 is 28.0 Å². The Morgan fingerprint density at radius 2 is 1.53 bits per heavy atom. The minimum Gasteiger partial charge on any atom is -0.490 e. The van der Waals surface area contributed by atoms with E-state index in [0.717, 1.165) is 44.7 Å². The Kier molecular flexibility index (Phi) is 16.2. The minimum absolute atomic E-state index is 0.0502. The molecular weight excluding hydrogens is 947 g/mol. The van der Waals surface area contributed by atoms with Gasteiger partial charge in [-0.3, -0.25) is 4.99 Å². The summed E-state index contributed by atoms with van der Waals surface area (Å²) in [6.07, 6.45) is 2.74. The summed E-state index contributed by atoms with van der Waals surface area (Å²) in [7, 11) is -4.12. The Hall–Kier alpha value is -7.59. The Balaban J connectivity index is 0.847. The van der Waals surface area contributed by atoms with Crippen LogP contribution >= 0.6 is 0 Å². The fraction of sp³-hybridized carbons (Fsp3) is 0.333. The molecule has 5 aromatic carbocycles. The molecule has 8 rings (SSSR count). The third kappa shape index (κ3) is 12.9. The number of fused-ring (bicyclic) bond motifs is 4. The van der Waals surface area contributed by atoms with Crippen LogP contribution in [0.5, 0.6) is 28.9 Å². The number of carbonyl (C=O) groups is 2. The van der Waals surface area contributed by atoms with Gasteiger partial charge in [0.15, 0.2) is 0 Å². The fourth-order valence-electron chi connectivity index (χ4n) is 9.30. The van der Waals surface area contributed by atoms with Crippen LogP contribution in [0.2, 0.25) is 0 Å². The van der Waals surface area contributed by atoms with E-state index in [1.165, 1.54) is 0 Å². The predicted octanol–water partition coefficient (Wildman–Crippen LogP) is 9.82. The average Bonchev–Trinajstić information content (AvgIpc) is 3.88. The first-order valence-electron chi connectivity index (χ1n) is 24.5. The summed E-state index contributed by atoms with van der Waals surface area (Å²) < 4.78 is 65.5. The Morgan fingerprint density at radius 1 is 0.836 bits per heavy atom. The number of nitrogens with two attached hydrogens (primary N) is 1. The lowest BCUT2D eigenvalue weighted by Crippen LogP contribution is -2.42. The number of amides is 1. The molecule has 4 N–H and O–H groups in total. The van der Waals surface area contributed by atoms with Gasteiger partial charge in [-0.1, -0.05) is 72.8 Å². The first-order chi connectivity index (χ1) is 35.0. The van der Waals surface area contributed by atoms with Crippen LogP contribution in [0, 0.1) is 20.8 Å². The van der Waals surface area contributed by atoms with Crippen LogP contribution in [0.1, 0.15) is 84.9 Å². The topological polar surface area (TPSA) is 199 Å². The quantitative estimate of drug-likeness (QED) is 0.0267. The van der Waals surface area contributed by atoms with Gasteiger partial charge in [0.1, 0.15) is 54.0 Å². The highest BCUT2D eigenvalue weighted by Gasteiger charge is 2.37. The lowest BCUT2D eigenvalue weighted by Gasteiger charge is -2.19. The average molecular weight is 1010 g/mol. The maximum atomic E-state index is 13.8. The van der Waals surface area contributed by atoms with Crippen LogP contribution < -0.4 is 34.7 Å². The lowest BCUT2D eigenvalue weighted by molar-refractivity contribution is -0.146. The van der Waals surface area contributed by atoms with E-state index in [4.69, 9.17) is 34.2 Å². The molecule has 6 aromatic rings. The second kappa shape index (κ2) is 22.9. The van der Waals surface area contributed by atoms with Crippen LogP contribution in [-0.4, -0.2) is 75.5 Å². The first-order valence-corrected chi connectivity index (χ1v) is 26.0. The number of alkyl carbamates (subject to hydrolysis) is 1. The first kappa shape index (κ1) is 51.8. The number of aromatic nitrogens is 1. The molecule has 73 heavy (non-hydrogen) atoms. The van der Waals surface area contributed by atoms with Gasteiger partial charge in [0, 0.05) is 42.8 Å². The van der Waals surface area contributed by atoms with Crippen LogP contribution in [0.25, 0.3) is 11.1 Å². The van der Waals surface area contributed by atoms with E-state index in [1.54, 1.807) is 26.1 Å². The minimum atomic E-state index is -4.12. The summed E-state index contributed by atoms with van der Waals surface area (Å²) in [6.45, 7) is 11.8. The van der Waals surface area contributed by atoms with E-state index in [1.807, 2.05) is 125 Å². The number of carbonyl (C=O) groups excluding carboxylic acids is 2. The molecule has 2 aliphatic rings. The highest BCUT2D eigenvalue weighted by atomic mass is 32.2. The van der Waals surface area contributed by atoms with Gasteiger partial charge in [-0.15, -0.1) is 0 Å². The normalized spacial score (nSPS) is 14.4. The number of ether oxygens (including phenoxy) is 6. The molecule has 382 valence electrons. The van der Waals surface area contributed by atoms with E-state index in [2.05, 4.69) is 32.1 Å². The maximum absolute atomic E-state index is 13.8. The molecule has 0 bridgehead atoms. The number of nitrogens with one attached hydrogen (secondary N) is 2. The van der Waals surface area contributed by atoms with E-state index in [9.17, 15) is 18.0 Å². The van der Waals surface area contributed by atoms with Crippen molar-refractivity contribution in [2.45, 2.75) is 102 Å². The number of hydrogen-bond acceptors (Lipinski definition) is 12. The summed E-state index contributed by atoms with van der Waals surface area (Å²) in [4.78, 5) is 35.7. The highest BCUT2D eigenvalue weighted by molar-refractivity contribution is 7.90. The molecule has 0 radical (unpaired) electrons. The zero-order chi connectivity index (χ0) is 51.7. The van der Waals surface area contributed by atoms with Gasteiger partial charge in [-0.05, 0) is 142 Å². The zero-order valence-corrected chi connectivity index (χ0v) is 42.9. The Labute approximate surface area is 427 Å². The number of nitrogens with zero attached hydrogens (tertiary/aromatic N) is 2. The summed E-state index contributed by atoms with van der Waals surface area (Å²) in [5, 5.41) is 2.72. The predicted molar refractivity (Wildman–Crippen MR) is 279 cm³/mol. The summed E-state index contributed by atoms with van der Waals surface area (Å²) in [5.74, 6) is 2.03. The van der Waals surface area contributed by atoms with Crippen molar-refractivity contribution < 1.29 is 46.4 Å². The van der Waals surface area contributed by atoms with Crippen LogP contribution in [0.4, 0.5) is 4.79 Å². The molecule has 16 heteroatoms. The van der Waals surface area contributed by atoms with Gasteiger partial charge in [-0.25, -0.2) is 27.7 Å². The molecule has 1 amide bonds. The number of benzene rings is 5. The molecule has 2 heterocycles. The zero-order valence-electron chi connectivity index (χ0n) is 42.1. The number of aryl methyl sites for hydroxylation is 1. The summed E-state index contributed by atoms with van der Waals surface area (Å²) >= 11 is 0. The van der Waals surface area contributed by atoms with Crippen LogP contribution in [0.15, 0.2) is 131 Å². The van der Waals surface area contributed by atoms with Crippen molar-refractivity contribution in [3.8, 4) is 40.0 Å². The molecule has 15 nitrogen and oxygen atoms in total. The van der Waals surface area contributed by atoms with Crippen LogP contribution in [-0.2, 0) is 37.1 Å².